The number of para-hydroxylation sites is 1. The third kappa shape index (κ3) is 5.48. The molecule has 1 atom stereocenters. The second-order valence-corrected chi connectivity index (χ2v) is 9.74. The Labute approximate surface area is 196 Å². The first-order chi connectivity index (χ1) is 15.8. The number of hydrogen-bond donors (Lipinski definition) is 1. The van der Waals surface area contributed by atoms with Crippen LogP contribution in [0.15, 0.2) is 47.4 Å². The summed E-state index contributed by atoms with van der Waals surface area (Å²) in [5, 5.41) is 3.02. The molecule has 8 nitrogen and oxygen atoms in total. The molecule has 1 N–H and O–H groups in total. The third-order valence-electron chi connectivity index (χ3n) is 5.86. The Morgan fingerprint density at radius 1 is 1.15 bits per heavy atom. The van der Waals surface area contributed by atoms with E-state index in [2.05, 4.69) is 10.2 Å². The summed E-state index contributed by atoms with van der Waals surface area (Å²) in [6, 6.07) is 12.0. The van der Waals surface area contributed by atoms with Gasteiger partial charge in [-0.05, 0) is 31.2 Å². The molecule has 0 spiro atoms. The fraction of sp³-hybridized carbons (Fsp3) is 0.458. The van der Waals surface area contributed by atoms with Crippen molar-refractivity contribution >= 4 is 21.6 Å². The first-order valence-corrected chi connectivity index (χ1v) is 12.7. The molecule has 0 aliphatic carbocycles. The topological polar surface area (TPSA) is 88.2 Å². The number of carbonyl (C=O) groups excluding carboxylic acids is 1. The van der Waals surface area contributed by atoms with E-state index in [1.807, 2.05) is 31.2 Å². The maximum absolute atomic E-state index is 13.5. The van der Waals surface area contributed by atoms with E-state index < -0.39 is 10.0 Å². The molecular weight excluding hydrogens is 442 g/mol. The molecule has 0 saturated carbocycles. The van der Waals surface area contributed by atoms with E-state index in [4.69, 9.17) is 9.47 Å². The van der Waals surface area contributed by atoms with Gasteiger partial charge in [0.15, 0.2) is 0 Å². The molecule has 1 saturated heterocycles. The van der Waals surface area contributed by atoms with Crippen molar-refractivity contribution in [3.63, 3.8) is 0 Å². The monoisotopic (exact) mass is 475 g/mol. The van der Waals surface area contributed by atoms with Gasteiger partial charge in [0, 0.05) is 37.4 Å². The Balaban J connectivity index is 2.00. The van der Waals surface area contributed by atoms with Gasteiger partial charge >= 0.3 is 0 Å². The molecule has 0 bridgehead atoms. The van der Waals surface area contributed by atoms with Crippen LogP contribution < -0.4 is 15.0 Å². The lowest BCUT2D eigenvalue weighted by Gasteiger charge is -2.31. The van der Waals surface area contributed by atoms with Gasteiger partial charge in [0.2, 0.25) is 10.0 Å². The Morgan fingerprint density at radius 2 is 1.82 bits per heavy atom. The minimum Gasteiger partial charge on any atom is -0.496 e. The lowest BCUT2D eigenvalue weighted by Crippen LogP contribution is -2.38. The van der Waals surface area contributed by atoms with E-state index in [1.54, 1.807) is 33.1 Å². The van der Waals surface area contributed by atoms with Crippen LogP contribution in [0.1, 0.15) is 42.7 Å². The molecule has 3 rings (SSSR count). The minimum absolute atomic E-state index is 0.110. The summed E-state index contributed by atoms with van der Waals surface area (Å²) in [5.74, 6) is 0.336. The number of morpholine rings is 1. The van der Waals surface area contributed by atoms with Crippen molar-refractivity contribution in [2.24, 2.45) is 0 Å². The van der Waals surface area contributed by atoms with Crippen LogP contribution in [-0.4, -0.2) is 65.1 Å². The molecule has 1 amide bonds. The SMILES string of the molecule is CCN(CC)S(=O)(=O)c1ccc(N2CCOCC2)c(C(=O)NC(C)c2ccccc2OC)c1. The molecule has 9 heteroatoms. The number of nitrogens with zero attached hydrogens (tertiary/aromatic N) is 2. The van der Waals surface area contributed by atoms with Gasteiger partial charge in [0.1, 0.15) is 5.75 Å². The van der Waals surface area contributed by atoms with Crippen molar-refractivity contribution in [3.8, 4) is 5.75 Å². The van der Waals surface area contributed by atoms with Crippen LogP contribution >= 0.6 is 0 Å². The van der Waals surface area contributed by atoms with Crippen molar-refractivity contribution in [2.75, 3.05) is 51.4 Å². The maximum Gasteiger partial charge on any atom is 0.253 e. The molecule has 1 heterocycles. The molecule has 180 valence electrons. The Hall–Kier alpha value is -2.62. The van der Waals surface area contributed by atoms with E-state index in [1.165, 1.54) is 10.4 Å². The number of anilines is 1. The van der Waals surface area contributed by atoms with E-state index in [0.717, 1.165) is 5.56 Å². The van der Waals surface area contributed by atoms with Crippen molar-refractivity contribution in [1.29, 1.82) is 0 Å². The van der Waals surface area contributed by atoms with Gasteiger partial charge in [-0.15, -0.1) is 0 Å². The molecule has 2 aromatic rings. The zero-order valence-corrected chi connectivity index (χ0v) is 20.5. The van der Waals surface area contributed by atoms with Gasteiger partial charge in [-0.1, -0.05) is 32.0 Å². The molecule has 0 radical (unpaired) electrons. The largest absolute Gasteiger partial charge is 0.496 e. The van der Waals surface area contributed by atoms with Gasteiger partial charge in [-0.25, -0.2) is 8.42 Å². The molecule has 1 unspecified atom stereocenters. The quantitative estimate of drug-likeness (QED) is 0.600. The highest BCUT2D eigenvalue weighted by Gasteiger charge is 2.27. The van der Waals surface area contributed by atoms with Crippen LogP contribution in [0, 0.1) is 0 Å². The fourth-order valence-electron chi connectivity index (χ4n) is 4.03. The predicted octanol–water partition coefficient (Wildman–Crippen LogP) is 3.05. The summed E-state index contributed by atoms with van der Waals surface area (Å²) >= 11 is 0. The highest BCUT2D eigenvalue weighted by molar-refractivity contribution is 7.89. The number of methoxy groups -OCH3 is 1. The van der Waals surface area contributed by atoms with Crippen molar-refractivity contribution in [2.45, 2.75) is 31.7 Å². The molecule has 1 aliphatic rings. The van der Waals surface area contributed by atoms with Crippen LogP contribution in [0.2, 0.25) is 0 Å². The zero-order chi connectivity index (χ0) is 24.0. The number of nitrogens with one attached hydrogen (secondary N) is 1. The lowest BCUT2D eigenvalue weighted by atomic mass is 10.1. The molecule has 2 aromatic carbocycles. The summed E-state index contributed by atoms with van der Waals surface area (Å²) in [4.78, 5) is 15.6. The number of rotatable bonds is 9. The van der Waals surface area contributed by atoms with E-state index in [-0.39, 0.29) is 16.8 Å². The maximum atomic E-state index is 13.5. The average molecular weight is 476 g/mol. The summed E-state index contributed by atoms with van der Waals surface area (Å²) < 4.78 is 38.5. The van der Waals surface area contributed by atoms with E-state index in [0.29, 0.717) is 56.4 Å². The second-order valence-electron chi connectivity index (χ2n) is 7.80. The Kier molecular flexibility index (Phi) is 8.34. The number of amides is 1. The minimum atomic E-state index is -3.71. The van der Waals surface area contributed by atoms with Gasteiger partial charge in [-0.3, -0.25) is 4.79 Å². The summed E-state index contributed by atoms with van der Waals surface area (Å²) in [6.07, 6.45) is 0. The Bertz CT molecular complexity index is 1060. The van der Waals surface area contributed by atoms with Crippen LogP contribution in [0.5, 0.6) is 5.75 Å². The highest BCUT2D eigenvalue weighted by Crippen LogP contribution is 2.29. The number of benzene rings is 2. The summed E-state index contributed by atoms with van der Waals surface area (Å²) in [5.41, 5.74) is 1.86. The number of sulfonamides is 1. The van der Waals surface area contributed by atoms with Gasteiger partial charge in [0.05, 0.1) is 36.8 Å². The van der Waals surface area contributed by atoms with Crippen LogP contribution in [0.25, 0.3) is 0 Å². The fourth-order valence-corrected chi connectivity index (χ4v) is 5.51. The number of hydrogen-bond acceptors (Lipinski definition) is 6. The van der Waals surface area contributed by atoms with E-state index >= 15 is 0 Å². The predicted molar refractivity (Wildman–Crippen MR) is 128 cm³/mol. The molecule has 1 aliphatic heterocycles. The Morgan fingerprint density at radius 3 is 2.45 bits per heavy atom. The average Bonchev–Trinajstić information content (AvgIpc) is 2.84. The first kappa shape index (κ1) is 25.0. The van der Waals surface area contributed by atoms with Crippen molar-refractivity contribution in [3.05, 3.63) is 53.6 Å². The normalized spacial score (nSPS) is 15.4. The summed E-state index contributed by atoms with van der Waals surface area (Å²) in [7, 11) is -2.12. The van der Waals surface area contributed by atoms with Crippen LogP contribution in [-0.2, 0) is 14.8 Å². The second kappa shape index (κ2) is 11.0. The zero-order valence-electron chi connectivity index (χ0n) is 19.7. The summed E-state index contributed by atoms with van der Waals surface area (Å²) in [6.45, 7) is 8.55. The smallest absolute Gasteiger partial charge is 0.253 e. The number of carbonyl (C=O) groups is 1. The van der Waals surface area contributed by atoms with E-state index in [9.17, 15) is 13.2 Å². The highest BCUT2D eigenvalue weighted by atomic mass is 32.2. The first-order valence-electron chi connectivity index (χ1n) is 11.2. The molecular formula is C24H33N3O5S. The van der Waals surface area contributed by atoms with Crippen molar-refractivity contribution in [1.82, 2.24) is 9.62 Å². The lowest BCUT2D eigenvalue weighted by molar-refractivity contribution is 0.0938. The van der Waals surface area contributed by atoms with Gasteiger partial charge < -0.3 is 19.7 Å². The number of ether oxygens (including phenoxy) is 2. The van der Waals surface area contributed by atoms with Gasteiger partial charge in [-0.2, -0.15) is 4.31 Å². The molecule has 33 heavy (non-hydrogen) atoms. The van der Waals surface area contributed by atoms with Crippen LogP contribution in [0.3, 0.4) is 0 Å². The molecule has 0 aromatic heterocycles. The van der Waals surface area contributed by atoms with Crippen molar-refractivity contribution < 1.29 is 22.7 Å². The van der Waals surface area contributed by atoms with Crippen LogP contribution in [0.4, 0.5) is 5.69 Å². The standard InChI is InChI=1S/C24H33N3O5S/c1-5-27(6-2)33(29,30)19-11-12-22(26-13-15-32-16-14-26)21(17-19)24(28)25-18(3)20-9-7-8-10-23(20)31-4/h7-12,17-18H,5-6,13-16H2,1-4H3,(H,25,28). The third-order valence-corrected chi connectivity index (χ3v) is 7.91. The van der Waals surface area contributed by atoms with Gasteiger partial charge in [0.25, 0.3) is 5.91 Å². The molecule has 1 fully saturated rings.